The first kappa shape index (κ1) is 19.6. The summed E-state index contributed by atoms with van der Waals surface area (Å²) in [5, 5.41) is 4.28. The van der Waals surface area contributed by atoms with Crippen molar-refractivity contribution in [2.45, 2.75) is 11.8 Å². The minimum absolute atomic E-state index is 0.0239. The lowest BCUT2D eigenvalue weighted by Crippen LogP contribution is -2.22. The Kier molecular flexibility index (Phi) is 5.78. The Morgan fingerprint density at radius 3 is 2.50 bits per heavy atom. The summed E-state index contributed by atoms with van der Waals surface area (Å²) in [5.74, 6) is -2.17. The van der Waals surface area contributed by atoms with Gasteiger partial charge >= 0.3 is 5.97 Å². The largest absolute Gasteiger partial charge is 0.452 e. The van der Waals surface area contributed by atoms with Crippen LogP contribution in [0.25, 0.3) is 0 Å². The van der Waals surface area contributed by atoms with E-state index in [-0.39, 0.29) is 21.0 Å². The third kappa shape index (κ3) is 4.67. The first-order chi connectivity index (χ1) is 12.1. The van der Waals surface area contributed by atoms with E-state index in [9.17, 15) is 22.8 Å². The summed E-state index contributed by atoms with van der Waals surface area (Å²) in [6, 6.07) is 5.54. The second-order valence-electron chi connectivity index (χ2n) is 5.40. The molecule has 0 saturated heterocycles. The van der Waals surface area contributed by atoms with E-state index in [1.807, 2.05) is 0 Å². The zero-order valence-corrected chi connectivity index (χ0v) is 15.6. The average molecular weight is 396 g/mol. The molecule has 0 aliphatic carbocycles. The van der Waals surface area contributed by atoms with Gasteiger partial charge in [0.15, 0.2) is 16.4 Å². The SMILES string of the molecule is Cc1ccc(S(C)(=O)=O)cc1C(=O)OCC(=O)Nc1sccc1C(N)=O. The zero-order valence-electron chi connectivity index (χ0n) is 13.9. The lowest BCUT2D eigenvalue weighted by atomic mass is 10.1. The highest BCUT2D eigenvalue weighted by Gasteiger charge is 2.18. The van der Waals surface area contributed by atoms with Crippen LogP contribution < -0.4 is 11.1 Å². The van der Waals surface area contributed by atoms with Gasteiger partial charge in [-0.2, -0.15) is 0 Å². The number of hydrogen-bond acceptors (Lipinski definition) is 7. The molecule has 0 atom stereocenters. The number of ether oxygens (including phenoxy) is 1. The Labute approximate surface area is 153 Å². The van der Waals surface area contributed by atoms with Gasteiger partial charge in [-0.1, -0.05) is 6.07 Å². The number of esters is 1. The number of anilines is 1. The number of rotatable bonds is 6. The van der Waals surface area contributed by atoms with E-state index in [2.05, 4.69) is 5.32 Å². The highest BCUT2D eigenvalue weighted by Crippen LogP contribution is 2.22. The number of aryl methyl sites for hydroxylation is 1. The average Bonchev–Trinajstić information content (AvgIpc) is 3.00. The lowest BCUT2D eigenvalue weighted by Gasteiger charge is -2.09. The van der Waals surface area contributed by atoms with Gasteiger partial charge in [-0.3, -0.25) is 9.59 Å². The van der Waals surface area contributed by atoms with Crippen LogP contribution in [0, 0.1) is 6.92 Å². The van der Waals surface area contributed by atoms with Crippen LogP contribution in [0.2, 0.25) is 0 Å². The number of thiophene rings is 1. The molecule has 3 N–H and O–H groups in total. The van der Waals surface area contributed by atoms with Crippen molar-refractivity contribution in [1.29, 1.82) is 0 Å². The van der Waals surface area contributed by atoms with E-state index in [1.165, 1.54) is 24.3 Å². The van der Waals surface area contributed by atoms with Crippen LogP contribution >= 0.6 is 11.3 Å². The van der Waals surface area contributed by atoms with Crippen LogP contribution in [0.4, 0.5) is 5.00 Å². The van der Waals surface area contributed by atoms with Gasteiger partial charge in [-0.25, -0.2) is 13.2 Å². The topological polar surface area (TPSA) is 133 Å². The first-order valence-corrected chi connectivity index (χ1v) is 10.0. The van der Waals surface area contributed by atoms with Gasteiger partial charge in [0, 0.05) is 6.26 Å². The molecular formula is C16H16N2O6S2. The summed E-state index contributed by atoms with van der Waals surface area (Å²) >= 11 is 1.10. The van der Waals surface area contributed by atoms with Crippen molar-refractivity contribution in [3.8, 4) is 0 Å². The second-order valence-corrected chi connectivity index (χ2v) is 8.33. The molecule has 10 heteroatoms. The predicted molar refractivity (Wildman–Crippen MR) is 96.0 cm³/mol. The van der Waals surface area contributed by atoms with E-state index in [0.29, 0.717) is 5.56 Å². The first-order valence-electron chi connectivity index (χ1n) is 7.24. The Balaban J connectivity index is 2.05. The van der Waals surface area contributed by atoms with Gasteiger partial charge in [0.25, 0.3) is 11.8 Å². The van der Waals surface area contributed by atoms with E-state index in [4.69, 9.17) is 10.5 Å². The summed E-state index contributed by atoms with van der Waals surface area (Å²) in [6.07, 6.45) is 1.03. The number of sulfone groups is 1. The third-order valence-electron chi connectivity index (χ3n) is 3.38. The molecule has 0 aliphatic rings. The van der Waals surface area contributed by atoms with Gasteiger partial charge in [-0.05, 0) is 36.1 Å². The third-order valence-corrected chi connectivity index (χ3v) is 5.32. The number of hydrogen-bond donors (Lipinski definition) is 2. The Hall–Kier alpha value is -2.72. The fraction of sp³-hybridized carbons (Fsp3) is 0.188. The number of primary amides is 1. The molecule has 26 heavy (non-hydrogen) atoms. The van der Waals surface area contributed by atoms with Gasteiger partial charge in [-0.15, -0.1) is 11.3 Å². The van der Waals surface area contributed by atoms with Crippen molar-refractivity contribution < 1.29 is 27.5 Å². The fourth-order valence-corrected chi connectivity index (χ4v) is 3.48. The van der Waals surface area contributed by atoms with Gasteiger partial charge in [0.05, 0.1) is 16.0 Å². The van der Waals surface area contributed by atoms with Crippen molar-refractivity contribution in [3.63, 3.8) is 0 Å². The number of amides is 2. The van der Waals surface area contributed by atoms with Gasteiger partial charge in [0.1, 0.15) is 5.00 Å². The number of carbonyl (C=O) groups excluding carboxylic acids is 3. The lowest BCUT2D eigenvalue weighted by molar-refractivity contribution is -0.119. The zero-order chi connectivity index (χ0) is 19.5. The summed E-state index contributed by atoms with van der Waals surface area (Å²) in [5.41, 5.74) is 5.90. The van der Waals surface area contributed by atoms with E-state index in [0.717, 1.165) is 17.6 Å². The molecule has 0 saturated carbocycles. The molecule has 2 rings (SSSR count). The molecule has 0 aliphatic heterocycles. The van der Waals surface area contributed by atoms with Crippen molar-refractivity contribution in [1.82, 2.24) is 0 Å². The molecule has 0 unspecified atom stereocenters. The molecule has 0 bridgehead atoms. The Morgan fingerprint density at radius 1 is 1.19 bits per heavy atom. The molecule has 8 nitrogen and oxygen atoms in total. The normalized spacial score (nSPS) is 11.0. The van der Waals surface area contributed by atoms with E-state index < -0.39 is 34.2 Å². The molecule has 2 amide bonds. The number of carbonyl (C=O) groups is 3. The number of benzene rings is 1. The van der Waals surface area contributed by atoms with Crippen molar-refractivity contribution in [2.24, 2.45) is 5.73 Å². The molecular weight excluding hydrogens is 380 g/mol. The van der Waals surface area contributed by atoms with Crippen molar-refractivity contribution >= 4 is 44.0 Å². The highest BCUT2D eigenvalue weighted by atomic mass is 32.2. The van der Waals surface area contributed by atoms with Crippen LogP contribution in [0.3, 0.4) is 0 Å². The Morgan fingerprint density at radius 2 is 1.88 bits per heavy atom. The maximum Gasteiger partial charge on any atom is 0.338 e. The quantitative estimate of drug-likeness (QED) is 0.708. The van der Waals surface area contributed by atoms with Crippen LogP contribution in [-0.2, 0) is 19.4 Å². The summed E-state index contributed by atoms with van der Waals surface area (Å²) in [6.45, 7) is 1.02. The second kappa shape index (κ2) is 7.67. The van der Waals surface area contributed by atoms with Crippen molar-refractivity contribution in [3.05, 3.63) is 46.3 Å². The minimum Gasteiger partial charge on any atom is -0.452 e. The monoisotopic (exact) mass is 396 g/mol. The molecule has 138 valence electrons. The fourth-order valence-electron chi connectivity index (χ4n) is 2.02. The standard InChI is InChI=1S/C16H16N2O6S2/c1-9-3-4-10(26(2,22)23)7-12(9)16(21)24-8-13(19)18-15-11(14(17)20)5-6-25-15/h3-7H,8H2,1-2H3,(H2,17,20)(H,18,19). The maximum absolute atomic E-state index is 12.2. The van der Waals surface area contributed by atoms with Gasteiger partial charge < -0.3 is 15.8 Å². The number of nitrogens with two attached hydrogens (primary N) is 1. The van der Waals surface area contributed by atoms with Crippen LogP contribution in [0.1, 0.15) is 26.3 Å². The van der Waals surface area contributed by atoms with Crippen LogP contribution in [0.15, 0.2) is 34.5 Å². The highest BCUT2D eigenvalue weighted by molar-refractivity contribution is 7.90. The smallest absolute Gasteiger partial charge is 0.338 e. The molecule has 0 fully saturated rings. The summed E-state index contributed by atoms with van der Waals surface area (Å²) in [7, 11) is -3.48. The summed E-state index contributed by atoms with van der Waals surface area (Å²) < 4.78 is 28.1. The summed E-state index contributed by atoms with van der Waals surface area (Å²) in [4.78, 5) is 35.2. The molecule has 1 aromatic heterocycles. The molecule has 2 aromatic rings. The predicted octanol–water partition coefficient (Wildman–Crippen LogP) is 1.35. The molecule has 1 heterocycles. The van der Waals surface area contributed by atoms with Crippen molar-refractivity contribution in [2.75, 3.05) is 18.2 Å². The number of nitrogens with one attached hydrogen (secondary N) is 1. The van der Waals surface area contributed by atoms with E-state index in [1.54, 1.807) is 12.3 Å². The minimum atomic E-state index is -3.48. The van der Waals surface area contributed by atoms with Crippen LogP contribution in [-0.4, -0.2) is 39.1 Å². The molecule has 1 aromatic carbocycles. The maximum atomic E-state index is 12.2. The van der Waals surface area contributed by atoms with E-state index >= 15 is 0 Å². The molecule has 0 radical (unpaired) electrons. The Bertz CT molecular complexity index is 978. The van der Waals surface area contributed by atoms with Gasteiger partial charge in [0.2, 0.25) is 0 Å². The van der Waals surface area contributed by atoms with Crippen LogP contribution in [0.5, 0.6) is 0 Å². The molecule has 0 spiro atoms.